The van der Waals surface area contributed by atoms with E-state index in [0.29, 0.717) is 10.7 Å². The van der Waals surface area contributed by atoms with Crippen LogP contribution >= 0.6 is 0 Å². The predicted molar refractivity (Wildman–Crippen MR) is 108 cm³/mol. The molecule has 3 aromatic rings. The third-order valence-corrected chi connectivity index (χ3v) is 17.5. The maximum absolute atomic E-state index is 2.77. The van der Waals surface area contributed by atoms with Crippen LogP contribution in [0.15, 0.2) is 91.0 Å². The van der Waals surface area contributed by atoms with E-state index in [1.807, 2.05) is 0 Å². The van der Waals surface area contributed by atoms with Gasteiger partial charge in [0.05, 0.1) is 0 Å². The van der Waals surface area contributed by atoms with Gasteiger partial charge in [-0.05, 0) is 0 Å². The molecule has 0 aliphatic carbocycles. The van der Waals surface area contributed by atoms with Gasteiger partial charge in [0.2, 0.25) is 0 Å². The molecule has 1 unspecified atom stereocenters. The molecule has 1 atom stereocenters. The van der Waals surface area contributed by atoms with Gasteiger partial charge in [-0.2, -0.15) is 0 Å². The van der Waals surface area contributed by atoms with Crippen molar-refractivity contribution in [3.63, 3.8) is 0 Å². The van der Waals surface area contributed by atoms with Gasteiger partial charge in [0.1, 0.15) is 0 Å². The average molecular weight is 375 g/mol. The van der Waals surface area contributed by atoms with Gasteiger partial charge >= 0.3 is 149 Å². The van der Waals surface area contributed by atoms with Crippen molar-refractivity contribution in [3.05, 3.63) is 91.0 Å². The second-order valence-corrected chi connectivity index (χ2v) is 15.9. The Kier molecular flexibility index (Phi) is 5.25. The number of benzene rings is 3. The van der Waals surface area contributed by atoms with Crippen LogP contribution < -0.4 is 13.2 Å². The first kappa shape index (κ1) is 17.0. The van der Waals surface area contributed by atoms with E-state index in [4.69, 9.17) is 0 Å². The molecule has 0 aliphatic heterocycles. The van der Waals surface area contributed by atoms with Crippen molar-refractivity contribution < 1.29 is 0 Å². The van der Waals surface area contributed by atoms with Gasteiger partial charge in [0, 0.05) is 0 Å². The van der Waals surface area contributed by atoms with E-state index in [1.165, 1.54) is 0 Å². The van der Waals surface area contributed by atoms with Crippen molar-refractivity contribution in [3.8, 4) is 0 Å². The van der Waals surface area contributed by atoms with Crippen LogP contribution in [0, 0.1) is 5.92 Å². The third kappa shape index (κ3) is 2.96. The van der Waals surface area contributed by atoms with Gasteiger partial charge in [-0.25, -0.2) is 0 Å². The van der Waals surface area contributed by atoms with Crippen LogP contribution in [-0.4, -0.2) is 13.3 Å². The minimum absolute atomic E-state index is 0.644. The van der Waals surface area contributed by atoms with Crippen LogP contribution in [0.1, 0.15) is 20.8 Å². The van der Waals surface area contributed by atoms with Crippen LogP contribution in [0.5, 0.6) is 0 Å². The molecular formula is C23H26Ge. The molecule has 0 radical (unpaired) electrons. The van der Waals surface area contributed by atoms with Crippen LogP contribution in [0.4, 0.5) is 0 Å². The summed E-state index contributed by atoms with van der Waals surface area (Å²) >= 11 is -2.77. The quantitative estimate of drug-likeness (QED) is 0.587. The summed E-state index contributed by atoms with van der Waals surface area (Å²) in [6, 6.07) is 33.8. The number of rotatable bonds is 5. The second kappa shape index (κ2) is 7.40. The van der Waals surface area contributed by atoms with Crippen molar-refractivity contribution in [1.29, 1.82) is 0 Å². The maximum atomic E-state index is 2.47. The molecule has 0 aliphatic rings. The van der Waals surface area contributed by atoms with Crippen LogP contribution in [0.2, 0.25) is 4.75 Å². The molecule has 0 aromatic heterocycles. The molecular weight excluding hydrogens is 349 g/mol. The predicted octanol–water partition coefficient (Wildman–Crippen LogP) is 4.20. The summed E-state index contributed by atoms with van der Waals surface area (Å²) in [6.45, 7) is 7.22. The fourth-order valence-electron chi connectivity index (χ4n) is 3.89. The zero-order chi connectivity index (χ0) is 17.0. The van der Waals surface area contributed by atoms with Gasteiger partial charge in [-0.1, -0.05) is 0 Å². The topological polar surface area (TPSA) is 0 Å². The Bertz CT molecular complexity index is 651. The van der Waals surface area contributed by atoms with E-state index in [1.54, 1.807) is 13.2 Å². The van der Waals surface area contributed by atoms with E-state index >= 15 is 0 Å². The summed E-state index contributed by atoms with van der Waals surface area (Å²) in [5.74, 6) is 0.644. The van der Waals surface area contributed by atoms with Crippen molar-refractivity contribution in [2.45, 2.75) is 25.5 Å². The summed E-state index contributed by atoms with van der Waals surface area (Å²) < 4.78 is 5.31. The van der Waals surface area contributed by atoms with Crippen molar-refractivity contribution >= 4 is 26.5 Å². The standard InChI is InChI=1S/C23H26Ge/c1-19(2)20(3)24(21-13-7-4-8-14-21,22-15-9-5-10-16-22)23-17-11-6-12-18-23/h4-20H,1-3H3. The van der Waals surface area contributed by atoms with Crippen LogP contribution in [0.25, 0.3) is 0 Å². The van der Waals surface area contributed by atoms with E-state index in [-0.39, 0.29) is 0 Å². The molecule has 0 amide bonds. The van der Waals surface area contributed by atoms with E-state index in [0.717, 1.165) is 0 Å². The Hall–Kier alpha value is -1.80. The summed E-state index contributed by atoms with van der Waals surface area (Å²) in [7, 11) is 0. The summed E-state index contributed by atoms with van der Waals surface area (Å²) in [5, 5.41) is 0. The van der Waals surface area contributed by atoms with Crippen molar-refractivity contribution in [2.24, 2.45) is 5.92 Å². The molecule has 0 spiro atoms. The molecule has 0 saturated carbocycles. The van der Waals surface area contributed by atoms with Gasteiger partial charge in [0.25, 0.3) is 0 Å². The van der Waals surface area contributed by atoms with Gasteiger partial charge in [-0.3, -0.25) is 0 Å². The first-order valence-corrected chi connectivity index (χ1v) is 13.2. The van der Waals surface area contributed by atoms with Crippen molar-refractivity contribution in [2.75, 3.05) is 0 Å². The first-order valence-electron chi connectivity index (χ1n) is 8.84. The van der Waals surface area contributed by atoms with Crippen LogP contribution in [-0.2, 0) is 0 Å². The minimum atomic E-state index is -2.77. The summed E-state index contributed by atoms with van der Waals surface area (Å²) in [4.78, 5) is 0. The Labute approximate surface area is 148 Å². The number of hydrogen-bond acceptors (Lipinski definition) is 0. The Balaban J connectivity index is 2.37. The molecule has 0 nitrogen and oxygen atoms in total. The molecule has 0 saturated heterocycles. The third-order valence-electron chi connectivity index (χ3n) is 5.37. The molecule has 0 heterocycles. The van der Waals surface area contributed by atoms with E-state index in [9.17, 15) is 0 Å². The molecule has 122 valence electrons. The Morgan fingerprint density at radius 2 is 0.792 bits per heavy atom. The SMILES string of the molecule is CC(C)[CH](C)[Ge]([c]1ccccc1)([c]1ccccc1)[c]1ccccc1. The molecule has 0 N–H and O–H groups in total. The normalized spacial score (nSPS) is 13.0. The Morgan fingerprint density at radius 1 is 0.500 bits per heavy atom. The number of hydrogen-bond donors (Lipinski definition) is 0. The van der Waals surface area contributed by atoms with E-state index < -0.39 is 13.3 Å². The van der Waals surface area contributed by atoms with Crippen molar-refractivity contribution in [1.82, 2.24) is 0 Å². The fraction of sp³-hybridized carbons (Fsp3) is 0.217. The molecule has 3 aromatic carbocycles. The molecule has 0 fully saturated rings. The zero-order valence-electron chi connectivity index (χ0n) is 14.8. The van der Waals surface area contributed by atoms with Gasteiger partial charge < -0.3 is 0 Å². The second-order valence-electron chi connectivity index (χ2n) is 6.94. The van der Waals surface area contributed by atoms with Crippen LogP contribution in [0.3, 0.4) is 0 Å². The average Bonchev–Trinajstić information content (AvgIpc) is 2.65. The fourth-order valence-corrected chi connectivity index (χ4v) is 15.9. The van der Waals surface area contributed by atoms with E-state index in [2.05, 4.69) is 112 Å². The van der Waals surface area contributed by atoms with Gasteiger partial charge in [-0.15, -0.1) is 0 Å². The molecule has 1 heteroatoms. The van der Waals surface area contributed by atoms with Gasteiger partial charge in [0.15, 0.2) is 0 Å². The molecule has 0 bridgehead atoms. The summed E-state index contributed by atoms with van der Waals surface area (Å²) in [5.41, 5.74) is 0. The Morgan fingerprint density at radius 3 is 1.04 bits per heavy atom. The summed E-state index contributed by atoms with van der Waals surface area (Å²) in [6.07, 6.45) is 0. The molecule has 3 rings (SSSR count). The monoisotopic (exact) mass is 376 g/mol. The first-order chi connectivity index (χ1) is 11.7. The molecule has 24 heavy (non-hydrogen) atoms. The zero-order valence-corrected chi connectivity index (χ0v) is 16.9.